The van der Waals surface area contributed by atoms with Gasteiger partial charge in [-0.25, -0.2) is 4.79 Å². The Labute approximate surface area is 121 Å². The molecule has 0 saturated heterocycles. The Bertz CT molecular complexity index is 511. The standard InChI is InChI=1S/C14H19NO4S/c1-8-3-4-9-10(7-20-12(9)5-8)13(16)15-6-11(19-2)14(17)18/h7-8,11H,3-6H2,1-2H3,(H,15,16)(H,17,18). The van der Waals surface area contributed by atoms with Gasteiger partial charge in [0.2, 0.25) is 0 Å². The van der Waals surface area contributed by atoms with Gasteiger partial charge in [-0.15, -0.1) is 11.3 Å². The first-order valence-electron chi connectivity index (χ1n) is 6.66. The van der Waals surface area contributed by atoms with Gasteiger partial charge < -0.3 is 15.2 Å². The number of carbonyl (C=O) groups is 2. The molecule has 0 aromatic carbocycles. The summed E-state index contributed by atoms with van der Waals surface area (Å²) >= 11 is 1.62. The van der Waals surface area contributed by atoms with E-state index in [1.165, 1.54) is 12.0 Å². The third-order valence-electron chi connectivity index (χ3n) is 3.65. The minimum absolute atomic E-state index is 0.0221. The van der Waals surface area contributed by atoms with Crippen LogP contribution < -0.4 is 5.32 Å². The third kappa shape index (κ3) is 3.19. The number of hydrogen-bond acceptors (Lipinski definition) is 4. The molecule has 1 aromatic heterocycles. The lowest BCUT2D eigenvalue weighted by Crippen LogP contribution is -2.38. The first kappa shape index (κ1) is 15.0. The second-order valence-corrected chi connectivity index (χ2v) is 6.14. The maximum Gasteiger partial charge on any atom is 0.334 e. The van der Waals surface area contributed by atoms with Gasteiger partial charge in [-0.1, -0.05) is 6.92 Å². The van der Waals surface area contributed by atoms with Crippen LogP contribution in [0.2, 0.25) is 0 Å². The molecule has 0 saturated carbocycles. The normalized spacial score (nSPS) is 19.2. The van der Waals surface area contributed by atoms with Crippen molar-refractivity contribution in [2.75, 3.05) is 13.7 Å². The van der Waals surface area contributed by atoms with Crippen molar-refractivity contribution >= 4 is 23.2 Å². The Morgan fingerprint density at radius 3 is 3.00 bits per heavy atom. The summed E-state index contributed by atoms with van der Waals surface area (Å²) in [5.41, 5.74) is 1.83. The number of hydrogen-bond donors (Lipinski definition) is 2. The molecule has 2 unspecified atom stereocenters. The van der Waals surface area contributed by atoms with Crippen molar-refractivity contribution in [1.82, 2.24) is 5.32 Å². The zero-order valence-electron chi connectivity index (χ0n) is 11.6. The monoisotopic (exact) mass is 297 g/mol. The predicted octanol–water partition coefficient (Wildman–Crippen LogP) is 1.70. The maximum absolute atomic E-state index is 12.1. The Morgan fingerprint density at radius 2 is 2.35 bits per heavy atom. The van der Waals surface area contributed by atoms with Crippen LogP contribution in [0.1, 0.15) is 34.1 Å². The van der Waals surface area contributed by atoms with Gasteiger partial charge >= 0.3 is 5.97 Å². The molecule has 2 rings (SSSR count). The molecule has 0 spiro atoms. The van der Waals surface area contributed by atoms with E-state index in [0.717, 1.165) is 24.8 Å². The van der Waals surface area contributed by atoms with E-state index in [9.17, 15) is 9.59 Å². The fourth-order valence-electron chi connectivity index (χ4n) is 2.42. The van der Waals surface area contributed by atoms with Crippen molar-refractivity contribution in [2.45, 2.75) is 32.3 Å². The van der Waals surface area contributed by atoms with Gasteiger partial charge in [-0.05, 0) is 30.7 Å². The second kappa shape index (κ2) is 6.37. The number of carboxylic acids is 1. The smallest absolute Gasteiger partial charge is 0.334 e. The number of methoxy groups -OCH3 is 1. The van der Waals surface area contributed by atoms with E-state index < -0.39 is 12.1 Å². The summed E-state index contributed by atoms with van der Waals surface area (Å²) in [6.07, 6.45) is 2.05. The molecule has 0 fully saturated rings. The highest BCUT2D eigenvalue weighted by Crippen LogP contribution is 2.32. The minimum Gasteiger partial charge on any atom is -0.479 e. The molecule has 1 amide bonds. The van der Waals surface area contributed by atoms with Gasteiger partial charge in [-0.3, -0.25) is 4.79 Å². The molecule has 2 atom stereocenters. The molecular formula is C14H19NO4S. The number of carboxylic acid groups (broad SMARTS) is 1. The van der Waals surface area contributed by atoms with E-state index in [-0.39, 0.29) is 12.5 Å². The number of thiophene rings is 1. The average molecular weight is 297 g/mol. The summed E-state index contributed by atoms with van der Waals surface area (Å²) in [7, 11) is 1.32. The Hall–Kier alpha value is -1.40. The molecule has 0 bridgehead atoms. The summed E-state index contributed by atoms with van der Waals surface area (Å²) in [4.78, 5) is 24.3. The lowest BCUT2D eigenvalue weighted by molar-refractivity contribution is -0.148. The van der Waals surface area contributed by atoms with Crippen molar-refractivity contribution in [3.8, 4) is 0 Å². The summed E-state index contributed by atoms with van der Waals surface area (Å²) < 4.78 is 4.79. The topological polar surface area (TPSA) is 75.6 Å². The van der Waals surface area contributed by atoms with E-state index in [1.54, 1.807) is 11.3 Å². The molecular weight excluding hydrogens is 278 g/mol. The van der Waals surface area contributed by atoms with Crippen molar-refractivity contribution in [2.24, 2.45) is 5.92 Å². The first-order chi connectivity index (χ1) is 9.52. The molecule has 1 aliphatic carbocycles. The summed E-state index contributed by atoms with van der Waals surface area (Å²) in [6.45, 7) is 2.20. The number of aliphatic carboxylic acids is 1. The van der Waals surface area contributed by atoms with Gasteiger partial charge in [0.15, 0.2) is 6.10 Å². The number of ether oxygens (including phenoxy) is 1. The largest absolute Gasteiger partial charge is 0.479 e. The zero-order chi connectivity index (χ0) is 14.7. The minimum atomic E-state index is -1.08. The van der Waals surface area contributed by atoms with Crippen molar-refractivity contribution < 1.29 is 19.4 Å². The predicted molar refractivity (Wildman–Crippen MR) is 76.3 cm³/mol. The fraction of sp³-hybridized carbons (Fsp3) is 0.571. The van der Waals surface area contributed by atoms with Crippen LogP contribution in [0.4, 0.5) is 0 Å². The molecule has 5 nitrogen and oxygen atoms in total. The van der Waals surface area contributed by atoms with Gasteiger partial charge in [0, 0.05) is 17.4 Å². The Balaban J connectivity index is 2.02. The molecule has 2 N–H and O–H groups in total. The van der Waals surface area contributed by atoms with Crippen LogP contribution in [0, 0.1) is 5.92 Å². The third-order valence-corrected chi connectivity index (χ3v) is 4.71. The highest BCUT2D eigenvalue weighted by Gasteiger charge is 2.24. The van der Waals surface area contributed by atoms with Crippen molar-refractivity contribution in [3.63, 3.8) is 0 Å². The highest BCUT2D eigenvalue weighted by atomic mass is 32.1. The zero-order valence-corrected chi connectivity index (χ0v) is 12.5. The second-order valence-electron chi connectivity index (χ2n) is 5.17. The fourth-order valence-corrected chi connectivity index (χ4v) is 3.66. The number of rotatable bonds is 5. The van der Waals surface area contributed by atoms with Gasteiger partial charge in [-0.2, -0.15) is 0 Å². The van der Waals surface area contributed by atoms with E-state index in [0.29, 0.717) is 11.5 Å². The van der Waals surface area contributed by atoms with Gasteiger partial charge in [0.05, 0.1) is 12.1 Å². The van der Waals surface area contributed by atoms with E-state index in [2.05, 4.69) is 12.2 Å². The molecule has 1 heterocycles. The van der Waals surface area contributed by atoms with Crippen LogP contribution >= 0.6 is 11.3 Å². The van der Waals surface area contributed by atoms with Crippen LogP contribution in [-0.2, 0) is 22.4 Å². The van der Waals surface area contributed by atoms with Crippen molar-refractivity contribution in [3.05, 3.63) is 21.4 Å². The SMILES string of the molecule is COC(CNC(=O)c1csc2c1CCC(C)C2)C(=O)O. The summed E-state index contributed by atoms with van der Waals surface area (Å²) in [6, 6.07) is 0. The van der Waals surface area contributed by atoms with Crippen LogP contribution in [-0.4, -0.2) is 36.7 Å². The number of carbonyl (C=O) groups excluding carboxylic acids is 1. The highest BCUT2D eigenvalue weighted by molar-refractivity contribution is 7.10. The number of nitrogens with one attached hydrogen (secondary N) is 1. The van der Waals surface area contributed by atoms with Crippen LogP contribution in [0.5, 0.6) is 0 Å². The first-order valence-corrected chi connectivity index (χ1v) is 7.54. The van der Waals surface area contributed by atoms with Crippen LogP contribution in [0.25, 0.3) is 0 Å². The molecule has 6 heteroatoms. The van der Waals surface area contributed by atoms with Gasteiger partial charge in [0.25, 0.3) is 5.91 Å². The van der Waals surface area contributed by atoms with E-state index >= 15 is 0 Å². The van der Waals surface area contributed by atoms with Crippen LogP contribution in [0.3, 0.4) is 0 Å². The molecule has 1 aliphatic rings. The quantitative estimate of drug-likeness (QED) is 0.867. The molecule has 0 aliphatic heterocycles. The van der Waals surface area contributed by atoms with Gasteiger partial charge in [0.1, 0.15) is 0 Å². The lowest BCUT2D eigenvalue weighted by atomic mass is 9.88. The van der Waals surface area contributed by atoms with E-state index in [1.807, 2.05) is 5.38 Å². The molecule has 0 radical (unpaired) electrons. The molecule has 1 aromatic rings. The van der Waals surface area contributed by atoms with Crippen molar-refractivity contribution in [1.29, 1.82) is 0 Å². The Morgan fingerprint density at radius 1 is 1.60 bits per heavy atom. The molecule has 110 valence electrons. The summed E-state index contributed by atoms with van der Waals surface area (Å²) in [5.74, 6) is -0.615. The maximum atomic E-state index is 12.1. The van der Waals surface area contributed by atoms with Crippen LogP contribution in [0.15, 0.2) is 5.38 Å². The Kier molecular flexibility index (Phi) is 4.77. The van der Waals surface area contributed by atoms with E-state index in [4.69, 9.17) is 9.84 Å². The number of amides is 1. The lowest BCUT2D eigenvalue weighted by Gasteiger charge is -2.19. The average Bonchev–Trinajstić information content (AvgIpc) is 2.81. The summed E-state index contributed by atoms with van der Waals surface area (Å²) in [5, 5.41) is 13.4. The number of fused-ring (bicyclic) bond motifs is 1. The molecule has 20 heavy (non-hydrogen) atoms.